The summed E-state index contributed by atoms with van der Waals surface area (Å²) in [7, 11) is 0. The highest BCUT2D eigenvalue weighted by atomic mass is 16.3. The first-order chi connectivity index (χ1) is 25.3. The third-order valence-corrected chi connectivity index (χ3v) is 10.2. The third kappa shape index (κ3) is 4.30. The molecule has 0 unspecified atom stereocenters. The van der Waals surface area contributed by atoms with Crippen LogP contribution in [0, 0.1) is 0 Å². The van der Waals surface area contributed by atoms with E-state index in [1.54, 1.807) is 0 Å². The maximum atomic E-state index is 6.73. The van der Waals surface area contributed by atoms with E-state index in [9.17, 15) is 0 Å². The standard InChI is InChI=1S/C47H28N2O2/c1-2-12-33(13-3-1)49(35-23-25-43-41(28-35)37-15-8-9-17-42(37)50-43)34-22-20-30-21-24-38-36-14-6-7-16-39(36)46-45(44(38)40(30)27-34)48-47(51-46)32-19-18-29-10-4-5-11-31(29)26-32/h1-28H. The van der Waals surface area contributed by atoms with Crippen LogP contribution in [0.3, 0.4) is 0 Å². The number of fused-ring (bicyclic) bond motifs is 12. The fourth-order valence-corrected chi connectivity index (χ4v) is 7.84. The van der Waals surface area contributed by atoms with Gasteiger partial charge in [-0.1, -0.05) is 109 Å². The minimum absolute atomic E-state index is 0.619. The van der Waals surface area contributed by atoms with Crippen molar-refractivity contribution < 1.29 is 8.83 Å². The summed E-state index contributed by atoms with van der Waals surface area (Å²) in [4.78, 5) is 7.60. The van der Waals surface area contributed by atoms with E-state index in [0.717, 1.165) is 93.4 Å². The zero-order valence-corrected chi connectivity index (χ0v) is 27.4. The van der Waals surface area contributed by atoms with E-state index in [2.05, 4.69) is 163 Å². The van der Waals surface area contributed by atoms with Crippen LogP contribution >= 0.6 is 0 Å². The minimum atomic E-state index is 0.619. The first-order valence-corrected chi connectivity index (χ1v) is 17.2. The molecular formula is C47H28N2O2. The molecule has 0 N–H and O–H groups in total. The Bertz CT molecular complexity index is 3160. The molecule has 0 spiro atoms. The van der Waals surface area contributed by atoms with E-state index in [1.807, 2.05) is 12.1 Å². The zero-order chi connectivity index (χ0) is 33.5. The van der Waals surface area contributed by atoms with Crippen LogP contribution in [0.25, 0.3) is 87.6 Å². The van der Waals surface area contributed by atoms with Gasteiger partial charge < -0.3 is 13.7 Å². The summed E-state index contributed by atoms with van der Waals surface area (Å²) in [5.74, 6) is 0.619. The molecule has 11 rings (SSSR count). The fourth-order valence-electron chi connectivity index (χ4n) is 7.84. The lowest BCUT2D eigenvalue weighted by atomic mass is 9.95. The van der Waals surface area contributed by atoms with Gasteiger partial charge in [-0.3, -0.25) is 0 Å². The topological polar surface area (TPSA) is 42.4 Å². The number of oxazole rings is 1. The second-order valence-electron chi connectivity index (χ2n) is 13.1. The van der Waals surface area contributed by atoms with Gasteiger partial charge in [-0.25, -0.2) is 4.98 Å². The van der Waals surface area contributed by atoms with Gasteiger partial charge in [-0.15, -0.1) is 0 Å². The quantitative estimate of drug-likeness (QED) is 0.177. The van der Waals surface area contributed by atoms with E-state index in [4.69, 9.17) is 13.8 Å². The summed E-state index contributed by atoms with van der Waals surface area (Å²) >= 11 is 0. The van der Waals surface area contributed by atoms with Crippen LogP contribution in [-0.4, -0.2) is 4.98 Å². The Morgan fingerprint density at radius 1 is 0.392 bits per heavy atom. The normalized spacial score (nSPS) is 11.9. The number of anilines is 3. The summed E-state index contributed by atoms with van der Waals surface area (Å²) in [5, 5.41) is 11.2. The Hall–Kier alpha value is -6.91. The van der Waals surface area contributed by atoms with E-state index in [-0.39, 0.29) is 0 Å². The molecule has 0 atom stereocenters. The fraction of sp³-hybridized carbons (Fsp3) is 0. The monoisotopic (exact) mass is 652 g/mol. The Labute approximate surface area is 292 Å². The van der Waals surface area contributed by atoms with E-state index in [0.29, 0.717) is 5.89 Å². The van der Waals surface area contributed by atoms with Gasteiger partial charge in [0.05, 0.1) is 0 Å². The average molecular weight is 653 g/mol. The summed E-state index contributed by atoms with van der Waals surface area (Å²) in [5.41, 5.74) is 7.56. The second-order valence-corrected chi connectivity index (χ2v) is 13.1. The Morgan fingerprint density at radius 3 is 1.94 bits per heavy atom. The summed E-state index contributed by atoms with van der Waals surface area (Å²) in [6.07, 6.45) is 0. The predicted octanol–water partition coefficient (Wildman–Crippen LogP) is 13.5. The highest BCUT2D eigenvalue weighted by molar-refractivity contribution is 6.29. The second kappa shape index (κ2) is 10.8. The number of hydrogen-bond acceptors (Lipinski definition) is 4. The third-order valence-electron chi connectivity index (χ3n) is 10.2. The predicted molar refractivity (Wildman–Crippen MR) is 211 cm³/mol. The van der Waals surface area contributed by atoms with Gasteiger partial charge in [-0.05, 0) is 93.0 Å². The average Bonchev–Trinajstić information content (AvgIpc) is 3.81. The van der Waals surface area contributed by atoms with Crippen molar-refractivity contribution in [3.05, 3.63) is 170 Å². The smallest absolute Gasteiger partial charge is 0.227 e. The SMILES string of the molecule is c1ccc(N(c2ccc3oc4ccccc4c3c2)c2ccc3ccc4c5ccccc5c5oc(-c6ccc7ccccc7c6)nc5c4c3c2)cc1. The molecule has 0 fully saturated rings. The van der Waals surface area contributed by atoms with Crippen molar-refractivity contribution in [1.29, 1.82) is 0 Å². The molecule has 0 aliphatic carbocycles. The van der Waals surface area contributed by atoms with Crippen molar-refractivity contribution in [1.82, 2.24) is 4.98 Å². The molecule has 4 nitrogen and oxygen atoms in total. The molecule has 238 valence electrons. The van der Waals surface area contributed by atoms with Crippen molar-refractivity contribution in [2.24, 2.45) is 0 Å². The van der Waals surface area contributed by atoms with Crippen LogP contribution in [0.4, 0.5) is 17.1 Å². The molecule has 4 heteroatoms. The van der Waals surface area contributed by atoms with Gasteiger partial charge in [0.1, 0.15) is 16.7 Å². The molecule has 9 aromatic carbocycles. The molecule has 0 saturated heterocycles. The lowest BCUT2D eigenvalue weighted by Gasteiger charge is -2.26. The number of benzene rings is 9. The molecule has 51 heavy (non-hydrogen) atoms. The van der Waals surface area contributed by atoms with Crippen molar-refractivity contribution in [3.8, 4) is 11.5 Å². The maximum Gasteiger partial charge on any atom is 0.227 e. The summed E-state index contributed by atoms with van der Waals surface area (Å²) in [6.45, 7) is 0. The highest BCUT2D eigenvalue weighted by Crippen LogP contribution is 2.44. The van der Waals surface area contributed by atoms with Crippen LogP contribution in [-0.2, 0) is 0 Å². The first-order valence-electron chi connectivity index (χ1n) is 17.2. The van der Waals surface area contributed by atoms with Crippen LogP contribution in [0.1, 0.15) is 0 Å². The van der Waals surface area contributed by atoms with Gasteiger partial charge in [0.15, 0.2) is 5.58 Å². The number of nitrogens with zero attached hydrogens (tertiary/aromatic N) is 2. The molecule has 2 aromatic heterocycles. The molecular weight excluding hydrogens is 625 g/mol. The Morgan fingerprint density at radius 2 is 1.06 bits per heavy atom. The van der Waals surface area contributed by atoms with Gasteiger partial charge in [0.25, 0.3) is 0 Å². The summed E-state index contributed by atoms with van der Waals surface area (Å²) in [6, 6.07) is 59.7. The van der Waals surface area contributed by atoms with Crippen molar-refractivity contribution in [2.75, 3.05) is 4.90 Å². The lowest BCUT2D eigenvalue weighted by Crippen LogP contribution is -2.09. The van der Waals surface area contributed by atoms with E-state index < -0.39 is 0 Å². The number of aromatic nitrogens is 1. The molecule has 0 aliphatic rings. The van der Waals surface area contributed by atoms with Crippen LogP contribution in [0.2, 0.25) is 0 Å². The molecule has 0 radical (unpaired) electrons. The number of hydrogen-bond donors (Lipinski definition) is 0. The van der Waals surface area contributed by atoms with Gasteiger partial charge in [0.2, 0.25) is 5.89 Å². The van der Waals surface area contributed by atoms with Crippen LogP contribution in [0.5, 0.6) is 0 Å². The van der Waals surface area contributed by atoms with Gasteiger partial charge in [-0.2, -0.15) is 0 Å². The molecule has 0 aliphatic heterocycles. The van der Waals surface area contributed by atoms with Crippen molar-refractivity contribution in [2.45, 2.75) is 0 Å². The maximum absolute atomic E-state index is 6.73. The number of para-hydroxylation sites is 2. The van der Waals surface area contributed by atoms with Crippen molar-refractivity contribution in [3.63, 3.8) is 0 Å². The molecule has 2 heterocycles. The van der Waals surface area contributed by atoms with Gasteiger partial charge in [0, 0.05) is 44.2 Å². The summed E-state index contributed by atoms with van der Waals surface area (Å²) < 4.78 is 12.9. The molecule has 11 aromatic rings. The first kappa shape index (κ1) is 28.0. The zero-order valence-electron chi connectivity index (χ0n) is 27.4. The molecule has 0 amide bonds. The van der Waals surface area contributed by atoms with Crippen LogP contribution < -0.4 is 4.90 Å². The lowest BCUT2D eigenvalue weighted by molar-refractivity contribution is 0.623. The number of furan rings is 1. The van der Waals surface area contributed by atoms with Crippen molar-refractivity contribution >= 4 is 93.2 Å². The minimum Gasteiger partial charge on any atom is -0.456 e. The number of rotatable bonds is 4. The van der Waals surface area contributed by atoms with Gasteiger partial charge >= 0.3 is 0 Å². The molecule has 0 saturated carbocycles. The van der Waals surface area contributed by atoms with Crippen LogP contribution in [0.15, 0.2) is 179 Å². The Kier molecular flexibility index (Phi) is 5.92. The van der Waals surface area contributed by atoms with E-state index in [1.165, 1.54) is 5.39 Å². The van der Waals surface area contributed by atoms with E-state index >= 15 is 0 Å². The largest absolute Gasteiger partial charge is 0.456 e. The highest BCUT2D eigenvalue weighted by Gasteiger charge is 2.20. The molecule has 0 bridgehead atoms. The Balaban J connectivity index is 1.18.